The molecule has 4 rings (SSSR count). The minimum atomic E-state index is -4.03. The average molecular weight is 576 g/mol. The Morgan fingerprint density at radius 2 is 1.73 bits per heavy atom. The number of anilines is 1. The third-order valence-electron chi connectivity index (χ3n) is 6.11. The molecule has 2 aliphatic rings. The lowest BCUT2D eigenvalue weighted by Crippen LogP contribution is -2.30. The van der Waals surface area contributed by atoms with Crippen LogP contribution in [0.1, 0.15) is 77.7 Å². The van der Waals surface area contributed by atoms with E-state index in [2.05, 4.69) is 0 Å². The highest BCUT2D eigenvalue weighted by molar-refractivity contribution is 7.48. The van der Waals surface area contributed by atoms with Gasteiger partial charge in [0.15, 0.2) is 0 Å². The molecule has 0 saturated heterocycles. The number of fused-ring (bicyclic) bond motifs is 3. The molecular weight excluding hydrogens is 533 g/mol. The molecular formula is C30H42NO8P. The Balaban J connectivity index is 1.82. The van der Waals surface area contributed by atoms with Gasteiger partial charge in [-0.05, 0) is 71.7 Å². The Hall–Kier alpha value is -2.55. The second kappa shape index (κ2) is 11.7. The zero-order valence-corrected chi connectivity index (χ0v) is 25.7. The number of phosphoric acid groups is 1. The Morgan fingerprint density at radius 3 is 2.30 bits per heavy atom. The van der Waals surface area contributed by atoms with Crippen LogP contribution in [0.25, 0.3) is 5.57 Å². The molecule has 0 aromatic heterocycles. The summed E-state index contributed by atoms with van der Waals surface area (Å²) in [4.78, 5) is 1.78. The number of rotatable bonds is 10. The number of aliphatic hydroxyl groups excluding tert-OH is 1. The van der Waals surface area contributed by atoms with Crippen LogP contribution in [0.15, 0.2) is 36.5 Å². The predicted molar refractivity (Wildman–Crippen MR) is 155 cm³/mol. The first-order chi connectivity index (χ1) is 18.7. The van der Waals surface area contributed by atoms with Crippen molar-refractivity contribution in [3.05, 3.63) is 53.2 Å². The molecule has 220 valence electrons. The van der Waals surface area contributed by atoms with Gasteiger partial charge in [0.25, 0.3) is 0 Å². The first kappa shape index (κ1) is 30.4. The van der Waals surface area contributed by atoms with E-state index in [4.69, 9.17) is 27.8 Å². The minimum Gasteiger partial charge on any atom is -0.497 e. The molecule has 1 unspecified atom stereocenters. The van der Waals surface area contributed by atoms with E-state index in [1.165, 1.54) is 0 Å². The van der Waals surface area contributed by atoms with Crippen molar-refractivity contribution >= 4 is 19.1 Å². The van der Waals surface area contributed by atoms with Crippen LogP contribution in [0.4, 0.5) is 5.69 Å². The van der Waals surface area contributed by atoms with Crippen LogP contribution >= 0.6 is 7.82 Å². The van der Waals surface area contributed by atoms with Gasteiger partial charge >= 0.3 is 7.82 Å². The van der Waals surface area contributed by atoms with E-state index in [1.807, 2.05) is 37.3 Å². The first-order valence-electron chi connectivity index (χ1n) is 13.7. The molecule has 0 aliphatic carbocycles. The molecule has 1 N–H and O–H groups in total. The van der Waals surface area contributed by atoms with Gasteiger partial charge in [-0.25, -0.2) is 4.57 Å². The molecule has 2 aromatic carbocycles. The van der Waals surface area contributed by atoms with Gasteiger partial charge in [-0.3, -0.25) is 13.6 Å². The second-order valence-electron chi connectivity index (χ2n) is 11.9. The molecule has 2 aliphatic heterocycles. The number of ether oxygens (including phenoxy) is 3. The summed E-state index contributed by atoms with van der Waals surface area (Å²) in [6.07, 6.45) is 2.31. The van der Waals surface area contributed by atoms with E-state index in [1.54, 1.807) is 59.8 Å². The zero-order valence-electron chi connectivity index (χ0n) is 24.8. The van der Waals surface area contributed by atoms with Crippen LogP contribution in [0.5, 0.6) is 17.2 Å². The molecule has 0 spiro atoms. The summed E-state index contributed by atoms with van der Waals surface area (Å²) in [6, 6.07) is 9.40. The number of nitrogens with zero attached hydrogens (tertiary/aromatic N) is 1. The van der Waals surface area contributed by atoms with E-state index in [0.717, 1.165) is 17.5 Å². The third kappa shape index (κ3) is 7.01. The van der Waals surface area contributed by atoms with Crippen molar-refractivity contribution in [2.75, 3.05) is 32.0 Å². The summed E-state index contributed by atoms with van der Waals surface area (Å²) in [5, 5.41) is 11.8. The van der Waals surface area contributed by atoms with E-state index in [9.17, 15) is 9.67 Å². The lowest BCUT2D eigenvalue weighted by atomic mass is 9.89. The maximum atomic E-state index is 13.9. The highest BCUT2D eigenvalue weighted by atomic mass is 31.2. The normalized spacial score (nSPS) is 17.2. The average Bonchev–Trinajstić information content (AvgIpc) is 3.33. The summed E-state index contributed by atoms with van der Waals surface area (Å²) < 4.78 is 49.1. The largest absolute Gasteiger partial charge is 0.497 e. The number of benzene rings is 2. The zero-order chi connectivity index (χ0) is 29.3. The monoisotopic (exact) mass is 575 g/mol. The summed E-state index contributed by atoms with van der Waals surface area (Å²) in [5.74, 6) is 1.93. The maximum Gasteiger partial charge on any atom is 0.477 e. The Kier molecular flexibility index (Phi) is 8.93. The van der Waals surface area contributed by atoms with Crippen molar-refractivity contribution in [1.82, 2.24) is 0 Å². The van der Waals surface area contributed by atoms with E-state index in [-0.39, 0.29) is 6.73 Å². The molecule has 10 heteroatoms. The maximum absolute atomic E-state index is 13.9. The van der Waals surface area contributed by atoms with Crippen molar-refractivity contribution in [3.63, 3.8) is 0 Å². The first-order valence-corrected chi connectivity index (χ1v) is 15.1. The molecule has 1 atom stereocenters. The van der Waals surface area contributed by atoms with Crippen LogP contribution < -0.4 is 19.1 Å². The summed E-state index contributed by atoms with van der Waals surface area (Å²) in [5.41, 5.74) is 1.98. The quantitative estimate of drug-likeness (QED) is 0.300. The molecule has 40 heavy (non-hydrogen) atoms. The fourth-order valence-electron chi connectivity index (χ4n) is 4.65. The standard InChI is InChI=1S/C30H42NO8P/c1-9-15-35-24-17-21-14-16-36-28(21)25-26(24)31(18-23(27(25)32)20-10-12-22(34-8)13-11-20)19-37-40(33,38-29(2,3)4)39-30(5,6)7/h10-13,17-18,27,32H,9,14-16,19H2,1-8H3. The van der Waals surface area contributed by atoms with Crippen LogP contribution in [-0.2, 0) is 24.6 Å². The summed E-state index contributed by atoms with van der Waals surface area (Å²) >= 11 is 0. The Labute approximate surface area is 237 Å². The van der Waals surface area contributed by atoms with Gasteiger partial charge in [0.2, 0.25) is 0 Å². The van der Waals surface area contributed by atoms with Gasteiger partial charge in [-0.15, -0.1) is 0 Å². The third-order valence-corrected chi connectivity index (χ3v) is 8.08. The van der Waals surface area contributed by atoms with Gasteiger partial charge in [0.1, 0.15) is 30.1 Å². The van der Waals surface area contributed by atoms with Gasteiger partial charge in [-0.1, -0.05) is 19.1 Å². The second-order valence-corrected chi connectivity index (χ2v) is 13.4. The van der Waals surface area contributed by atoms with Gasteiger partial charge in [0.05, 0.1) is 42.8 Å². The topological polar surface area (TPSA) is 95.9 Å². The summed E-state index contributed by atoms with van der Waals surface area (Å²) in [6.45, 7) is 13.6. The Morgan fingerprint density at radius 1 is 1.07 bits per heavy atom. The van der Waals surface area contributed by atoms with Crippen molar-refractivity contribution < 1.29 is 37.5 Å². The fraction of sp³-hybridized carbons (Fsp3) is 0.533. The van der Waals surface area contributed by atoms with Gasteiger partial charge in [0, 0.05) is 23.8 Å². The minimum absolute atomic E-state index is 0.190. The predicted octanol–water partition coefficient (Wildman–Crippen LogP) is 7.03. The lowest BCUT2D eigenvalue weighted by molar-refractivity contribution is 0.00397. The highest BCUT2D eigenvalue weighted by Gasteiger charge is 2.40. The van der Waals surface area contributed by atoms with E-state index in [0.29, 0.717) is 53.7 Å². The van der Waals surface area contributed by atoms with E-state index < -0.39 is 25.1 Å². The number of aliphatic hydroxyl groups is 1. The molecule has 0 bridgehead atoms. The molecule has 9 nitrogen and oxygen atoms in total. The van der Waals surface area contributed by atoms with Crippen molar-refractivity contribution in [2.24, 2.45) is 0 Å². The molecule has 2 heterocycles. The lowest BCUT2D eigenvalue weighted by Gasteiger charge is -2.36. The molecule has 0 amide bonds. The Bertz CT molecular complexity index is 1260. The molecule has 0 radical (unpaired) electrons. The molecule has 0 saturated carbocycles. The van der Waals surface area contributed by atoms with Crippen molar-refractivity contribution in [3.8, 4) is 17.2 Å². The number of phosphoric ester groups is 1. The van der Waals surface area contributed by atoms with Crippen LogP contribution in [0.3, 0.4) is 0 Å². The number of methoxy groups -OCH3 is 1. The number of hydrogen-bond acceptors (Lipinski definition) is 9. The SMILES string of the molecule is CCCOc1cc2c(c3c1N(COP(=O)(OC(C)(C)C)OC(C)(C)C)C=C(c1ccc(OC)cc1)C3O)OCC2. The number of hydrogen-bond donors (Lipinski definition) is 1. The smallest absolute Gasteiger partial charge is 0.477 e. The van der Waals surface area contributed by atoms with Crippen molar-refractivity contribution in [2.45, 2.75) is 78.6 Å². The fourth-order valence-corrected chi connectivity index (χ4v) is 6.40. The summed E-state index contributed by atoms with van der Waals surface area (Å²) in [7, 11) is -2.43. The highest BCUT2D eigenvalue weighted by Crippen LogP contribution is 2.57. The van der Waals surface area contributed by atoms with Crippen LogP contribution in [0, 0.1) is 0 Å². The van der Waals surface area contributed by atoms with Gasteiger partial charge < -0.3 is 24.2 Å². The van der Waals surface area contributed by atoms with Crippen molar-refractivity contribution in [1.29, 1.82) is 0 Å². The van der Waals surface area contributed by atoms with E-state index >= 15 is 0 Å². The molecule has 0 fully saturated rings. The van der Waals surface area contributed by atoms with Gasteiger partial charge in [-0.2, -0.15) is 0 Å². The molecule has 2 aromatic rings. The van der Waals surface area contributed by atoms with Crippen LogP contribution in [0.2, 0.25) is 0 Å². The van der Waals surface area contributed by atoms with Crippen LogP contribution in [-0.4, -0.2) is 43.4 Å².